The van der Waals surface area contributed by atoms with Gasteiger partial charge in [0.15, 0.2) is 5.82 Å². The molecule has 2 N–H and O–H groups in total. The summed E-state index contributed by atoms with van der Waals surface area (Å²) < 4.78 is 0. The van der Waals surface area contributed by atoms with Gasteiger partial charge in [-0.05, 0) is 6.42 Å². The van der Waals surface area contributed by atoms with Crippen molar-refractivity contribution in [3.8, 4) is 0 Å². The van der Waals surface area contributed by atoms with E-state index in [-0.39, 0.29) is 0 Å². The van der Waals surface area contributed by atoms with Crippen LogP contribution in [0.1, 0.15) is 18.4 Å². The Bertz CT molecular complexity index is 488. The van der Waals surface area contributed by atoms with Gasteiger partial charge < -0.3 is 10.6 Å². The van der Waals surface area contributed by atoms with Gasteiger partial charge in [-0.1, -0.05) is 18.5 Å². The Morgan fingerprint density at radius 3 is 2.94 bits per heavy atom. The molecule has 0 bridgehead atoms. The summed E-state index contributed by atoms with van der Waals surface area (Å²) in [6.07, 6.45) is 4.39. The van der Waals surface area contributed by atoms with Crippen molar-refractivity contribution in [3.63, 3.8) is 0 Å². The molecule has 2 aromatic rings. The summed E-state index contributed by atoms with van der Waals surface area (Å²) in [5.74, 6) is 1.21. The average molecular weight is 284 g/mol. The lowest BCUT2D eigenvalue weighted by Gasteiger charge is -2.08. The molecule has 0 unspecified atom stereocenters. The summed E-state index contributed by atoms with van der Waals surface area (Å²) in [5.41, 5.74) is 0. The predicted molar refractivity (Wildman–Crippen MR) is 75.3 cm³/mol. The summed E-state index contributed by atoms with van der Waals surface area (Å²) >= 11 is 7.63. The molecule has 2 heterocycles. The highest BCUT2D eigenvalue weighted by atomic mass is 35.5. The third-order valence-corrected chi connectivity index (χ3v) is 3.22. The number of nitrogens with zero attached hydrogens (tertiary/aromatic N) is 3. The highest BCUT2D eigenvalue weighted by Gasteiger charge is 2.05. The minimum Gasteiger partial charge on any atom is -0.362 e. The van der Waals surface area contributed by atoms with Gasteiger partial charge in [0.25, 0.3) is 0 Å². The Kier molecular flexibility index (Phi) is 4.72. The monoisotopic (exact) mass is 283 g/mol. The van der Waals surface area contributed by atoms with Crippen LogP contribution in [0.3, 0.4) is 0 Å². The predicted octanol–water partition coefficient (Wildman–Crippen LogP) is 3.02. The second-order valence-electron chi connectivity index (χ2n) is 3.60. The van der Waals surface area contributed by atoms with Crippen molar-refractivity contribution in [2.75, 3.05) is 17.2 Å². The van der Waals surface area contributed by atoms with Crippen molar-refractivity contribution < 1.29 is 0 Å². The van der Waals surface area contributed by atoms with Crippen molar-refractivity contribution in [3.05, 3.63) is 27.8 Å². The van der Waals surface area contributed by atoms with Crippen molar-refractivity contribution in [2.24, 2.45) is 0 Å². The highest BCUT2D eigenvalue weighted by Crippen LogP contribution is 2.20. The fraction of sp³-hybridized carbons (Fsp3) is 0.364. The first-order valence-electron chi connectivity index (χ1n) is 5.68. The van der Waals surface area contributed by atoms with Crippen LogP contribution in [0.25, 0.3) is 0 Å². The zero-order chi connectivity index (χ0) is 12.8. The smallest absolute Gasteiger partial charge is 0.224 e. The maximum Gasteiger partial charge on any atom is 0.224 e. The topological polar surface area (TPSA) is 62.7 Å². The average Bonchev–Trinajstić information content (AvgIpc) is 2.89. The molecule has 0 atom stereocenters. The standard InChI is InChI=1S/C11H14ClN5S/c1-2-3-14-11-16-6-8(12)10(17-11)15-7-9-13-4-5-18-9/h4-6H,2-3,7H2,1H3,(H2,14,15,16,17). The van der Waals surface area contributed by atoms with Gasteiger partial charge >= 0.3 is 0 Å². The maximum atomic E-state index is 6.04. The van der Waals surface area contributed by atoms with E-state index in [1.165, 1.54) is 0 Å². The molecule has 0 saturated carbocycles. The molecule has 0 fully saturated rings. The lowest BCUT2D eigenvalue weighted by Crippen LogP contribution is -2.07. The molecule has 0 radical (unpaired) electrons. The zero-order valence-corrected chi connectivity index (χ0v) is 11.6. The molecule has 0 saturated heterocycles. The largest absolute Gasteiger partial charge is 0.362 e. The number of hydrogen-bond acceptors (Lipinski definition) is 6. The molecule has 0 aromatic carbocycles. The van der Waals surface area contributed by atoms with E-state index in [0.717, 1.165) is 18.0 Å². The zero-order valence-electron chi connectivity index (χ0n) is 9.98. The second-order valence-corrected chi connectivity index (χ2v) is 4.98. The molecule has 0 aliphatic rings. The van der Waals surface area contributed by atoms with Gasteiger partial charge in [-0.3, -0.25) is 0 Å². The molecule has 7 heteroatoms. The molecule has 0 aliphatic heterocycles. The Hall–Kier alpha value is -1.40. The van der Waals surface area contributed by atoms with Gasteiger partial charge in [0, 0.05) is 18.1 Å². The summed E-state index contributed by atoms with van der Waals surface area (Å²) in [5, 5.41) is 9.72. The van der Waals surface area contributed by atoms with Crippen molar-refractivity contribution in [2.45, 2.75) is 19.9 Å². The van der Waals surface area contributed by atoms with Gasteiger partial charge in [-0.2, -0.15) is 4.98 Å². The Morgan fingerprint density at radius 2 is 2.22 bits per heavy atom. The van der Waals surface area contributed by atoms with Crippen molar-refractivity contribution in [1.29, 1.82) is 0 Å². The summed E-state index contributed by atoms with van der Waals surface area (Å²) in [6, 6.07) is 0. The van der Waals surface area contributed by atoms with Crippen LogP contribution in [0.15, 0.2) is 17.8 Å². The Morgan fingerprint density at radius 1 is 1.33 bits per heavy atom. The van der Waals surface area contributed by atoms with Crippen LogP contribution in [0.2, 0.25) is 5.02 Å². The fourth-order valence-corrected chi connectivity index (χ4v) is 2.03. The van der Waals surface area contributed by atoms with Gasteiger partial charge in [-0.15, -0.1) is 11.3 Å². The van der Waals surface area contributed by atoms with Crippen LogP contribution in [-0.4, -0.2) is 21.5 Å². The van der Waals surface area contributed by atoms with Crippen LogP contribution in [0, 0.1) is 0 Å². The van der Waals surface area contributed by atoms with Gasteiger partial charge in [-0.25, -0.2) is 9.97 Å². The maximum absolute atomic E-state index is 6.04. The number of thiazole rings is 1. The molecule has 2 aromatic heterocycles. The van der Waals surface area contributed by atoms with Crippen LogP contribution >= 0.6 is 22.9 Å². The van der Waals surface area contributed by atoms with E-state index in [2.05, 4.69) is 32.5 Å². The van der Waals surface area contributed by atoms with E-state index < -0.39 is 0 Å². The molecule has 0 aliphatic carbocycles. The van der Waals surface area contributed by atoms with E-state index in [0.29, 0.717) is 23.3 Å². The third kappa shape index (κ3) is 3.54. The molecule has 0 spiro atoms. The first-order chi connectivity index (χ1) is 8.79. The minimum atomic E-state index is 0.508. The number of nitrogens with one attached hydrogen (secondary N) is 2. The summed E-state index contributed by atoms with van der Waals surface area (Å²) in [7, 11) is 0. The Balaban J connectivity index is 2.01. The van der Waals surface area contributed by atoms with Crippen LogP contribution in [-0.2, 0) is 6.54 Å². The van der Waals surface area contributed by atoms with E-state index in [9.17, 15) is 0 Å². The SMILES string of the molecule is CCCNc1ncc(Cl)c(NCc2nccs2)n1. The van der Waals surface area contributed by atoms with E-state index >= 15 is 0 Å². The van der Waals surface area contributed by atoms with E-state index in [1.807, 2.05) is 5.38 Å². The lowest BCUT2D eigenvalue weighted by molar-refractivity contribution is 0.950. The van der Waals surface area contributed by atoms with Crippen molar-refractivity contribution in [1.82, 2.24) is 15.0 Å². The normalized spacial score (nSPS) is 10.3. The van der Waals surface area contributed by atoms with Crippen LogP contribution < -0.4 is 10.6 Å². The summed E-state index contributed by atoms with van der Waals surface area (Å²) in [6.45, 7) is 3.54. The number of rotatable bonds is 6. The number of anilines is 2. The van der Waals surface area contributed by atoms with Crippen molar-refractivity contribution >= 4 is 34.7 Å². The quantitative estimate of drug-likeness (QED) is 0.853. The van der Waals surface area contributed by atoms with Gasteiger partial charge in [0.05, 0.1) is 12.7 Å². The first kappa shape index (κ1) is 13.0. The number of aromatic nitrogens is 3. The Labute approximate surface area is 115 Å². The molecular weight excluding hydrogens is 270 g/mol. The molecule has 0 amide bonds. The third-order valence-electron chi connectivity index (χ3n) is 2.17. The highest BCUT2D eigenvalue weighted by molar-refractivity contribution is 7.09. The minimum absolute atomic E-state index is 0.508. The number of halogens is 1. The summed E-state index contributed by atoms with van der Waals surface area (Å²) in [4.78, 5) is 12.6. The molecule has 18 heavy (non-hydrogen) atoms. The van der Waals surface area contributed by atoms with E-state index in [1.54, 1.807) is 23.7 Å². The molecular formula is C11H14ClN5S. The van der Waals surface area contributed by atoms with Crippen LogP contribution in [0.4, 0.5) is 11.8 Å². The first-order valence-corrected chi connectivity index (χ1v) is 6.94. The van der Waals surface area contributed by atoms with Gasteiger partial charge in [0.2, 0.25) is 5.95 Å². The second kappa shape index (κ2) is 6.51. The van der Waals surface area contributed by atoms with Gasteiger partial charge in [0.1, 0.15) is 10.0 Å². The van der Waals surface area contributed by atoms with E-state index in [4.69, 9.17) is 11.6 Å². The number of hydrogen-bond donors (Lipinski definition) is 2. The molecule has 2 rings (SSSR count). The molecule has 5 nitrogen and oxygen atoms in total. The van der Waals surface area contributed by atoms with Crippen LogP contribution in [0.5, 0.6) is 0 Å². The lowest BCUT2D eigenvalue weighted by atomic mass is 10.5. The fourth-order valence-electron chi connectivity index (χ4n) is 1.31. The molecule has 96 valence electrons.